The number of nitrogens with one attached hydrogen (secondary N) is 1. The molecule has 0 aliphatic heterocycles. The first-order chi connectivity index (χ1) is 10.1. The number of hydrogen-bond acceptors (Lipinski definition) is 5. The van der Waals surface area contributed by atoms with Crippen molar-refractivity contribution in [1.82, 2.24) is 29.4 Å². The maximum Gasteiger partial charge on any atom is 0.152 e. The Bertz CT molecular complexity index is 741. The summed E-state index contributed by atoms with van der Waals surface area (Å²) >= 11 is 0. The molecule has 0 aromatic carbocycles. The molecule has 110 valence electrons. The molecule has 0 saturated heterocycles. The number of fused-ring (bicyclic) bond motifs is 1. The number of aryl methyl sites for hydroxylation is 1. The number of rotatable bonds is 5. The predicted octanol–water partition coefficient (Wildman–Crippen LogP) is 1.64. The monoisotopic (exact) mass is 285 g/mol. The van der Waals surface area contributed by atoms with Gasteiger partial charge in [0.1, 0.15) is 11.8 Å². The van der Waals surface area contributed by atoms with E-state index in [0.29, 0.717) is 5.92 Å². The molecule has 3 aromatic rings. The van der Waals surface area contributed by atoms with Crippen LogP contribution in [0, 0.1) is 0 Å². The van der Waals surface area contributed by atoms with Gasteiger partial charge in [-0.25, -0.2) is 14.5 Å². The van der Waals surface area contributed by atoms with Gasteiger partial charge in [-0.15, -0.1) is 0 Å². The Morgan fingerprint density at radius 1 is 1.24 bits per heavy atom. The number of nitrogens with zero attached hydrogens (tertiary/aromatic N) is 6. The molecular formula is C14H19N7. The van der Waals surface area contributed by atoms with Gasteiger partial charge in [-0.2, -0.15) is 10.2 Å². The second-order valence-electron chi connectivity index (χ2n) is 5.34. The van der Waals surface area contributed by atoms with E-state index in [0.717, 1.165) is 35.8 Å². The van der Waals surface area contributed by atoms with Crippen molar-refractivity contribution in [2.24, 2.45) is 7.05 Å². The summed E-state index contributed by atoms with van der Waals surface area (Å²) in [6, 6.07) is 2.08. The largest absolute Gasteiger partial charge is 0.368 e. The van der Waals surface area contributed by atoms with E-state index < -0.39 is 0 Å². The summed E-state index contributed by atoms with van der Waals surface area (Å²) in [7, 11) is 1.87. The molecule has 0 atom stereocenters. The fraction of sp³-hybridized carbons (Fsp3) is 0.429. The normalized spacial score (nSPS) is 11.4. The van der Waals surface area contributed by atoms with Crippen LogP contribution in [0.2, 0.25) is 0 Å². The van der Waals surface area contributed by atoms with Crippen LogP contribution in [0.5, 0.6) is 0 Å². The SMILES string of the molecule is CC(C)c1cc2c(NCCc3ncn(C)n3)nccn2n1. The van der Waals surface area contributed by atoms with Crippen molar-refractivity contribution in [2.75, 3.05) is 11.9 Å². The Balaban J connectivity index is 1.74. The van der Waals surface area contributed by atoms with Crippen LogP contribution in [-0.2, 0) is 13.5 Å². The van der Waals surface area contributed by atoms with Gasteiger partial charge in [0.05, 0.1) is 5.69 Å². The summed E-state index contributed by atoms with van der Waals surface area (Å²) in [4.78, 5) is 8.61. The predicted molar refractivity (Wildman–Crippen MR) is 80.3 cm³/mol. The second kappa shape index (κ2) is 5.51. The molecule has 0 aliphatic rings. The Morgan fingerprint density at radius 3 is 2.81 bits per heavy atom. The summed E-state index contributed by atoms with van der Waals surface area (Å²) in [5, 5.41) is 12.1. The molecular weight excluding hydrogens is 266 g/mol. The summed E-state index contributed by atoms with van der Waals surface area (Å²) < 4.78 is 3.57. The van der Waals surface area contributed by atoms with E-state index in [-0.39, 0.29) is 0 Å². The van der Waals surface area contributed by atoms with Crippen molar-refractivity contribution in [1.29, 1.82) is 0 Å². The highest BCUT2D eigenvalue weighted by atomic mass is 15.3. The standard InChI is InChI=1S/C14H19N7/c1-10(2)11-8-12-14(16-6-7-21(12)18-11)15-5-4-13-17-9-20(3)19-13/h6-10H,4-5H2,1-3H3,(H,15,16). The van der Waals surface area contributed by atoms with Gasteiger partial charge in [0.2, 0.25) is 0 Å². The molecule has 0 fully saturated rings. The summed E-state index contributed by atoms with van der Waals surface area (Å²) in [5.41, 5.74) is 2.06. The lowest BCUT2D eigenvalue weighted by Crippen LogP contribution is -2.08. The first kappa shape index (κ1) is 13.5. The summed E-state index contributed by atoms with van der Waals surface area (Å²) in [6.45, 7) is 5.00. The molecule has 7 heteroatoms. The fourth-order valence-corrected chi connectivity index (χ4v) is 2.15. The van der Waals surface area contributed by atoms with Gasteiger partial charge in [-0.1, -0.05) is 13.8 Å². The van der Waals surface area contributed by atoms with Crippen molar-refractivity contribution >= 4 is 11.3 Å². The maximum atomic E-state index is 4.55. The minimum atomic E-state index is 0.399. The van der Waals surface area contributed by atoms with E-state index in [9.17, 15) is 0 Å². The van der Waals surface area contributed by atoms with E-state index in [2.05, 4.69) is 45.4 Å². The Labute approximate surface area is 123 Å². The van der Waals surface area contributed by atoms with E-state index >= 15 is 0 Å². The molecule has 0 spiro atoms. The lowest BCUT2D eigenvalue weighted by atomic mass is 10.1. The molecule has 7 nitrogen and oxygen atoms in total. The number of aromatic nitrogens is 6. The topological polar surface area (TPSA) is 72.9 Å². The van der Waals surface area contributed by atoms with Crippen molar-refractivity contribution in [3.63, 3.8) is 0 Å². The van der Waals surface area contributed by atoms with E-state index in [1.165, 1.54) is 0 Å². The highest BCUT2D eigenvalue weighted by molar-refractivity contribution is 5.67. The molecule has 3 aromatic heterocycles. The molecule has 0 radical (unpaired) electrons. The van der Waals surface area contributed by atoms with Crippen molar-refractivity contribution in [3.05, 3.63) is 36.3 Å². The second-order valence-corrected chi connectivity index (χ2v) is 5.34. The van der Waals surface area contributed by atoms with Gasteiger partial charge in [0.25, 0.3) is 0 Å². The first-order valence-electron chi connectivity index (χ1n) is 7.06. The molecule has 1 N–H and O–H groups in total. The zero-order valence-corrected chi connectivity index (χ0v) is 12.5. The van der Waals surface area contributed by atoms with Gasteiger partial charge in [0, 0.05) is 32.4 Å². The van der Waals surface area contributed by atoms with Crippen LogP contribution in [0.25, 0.3) is 5.52 Å². The minimum absolute atomic E-state index is 0.399. The molecule has 0 amide bonds. The summed E-state index contributed by atoms with van der Waals surface area (Å²) in [6.07, 6.45) is 6.09. The van der Waals surface area contributed by atoms with Gasteiger partial charge < -0.3 is 5.32 Å². The first-order valence-corrected chi connectivity index (χ1v) is 7.06. The smallest absolute Gasteiger partial charge is 0.152 e. The Hall–Kier alpha value is -2.44. The fourth-order valence-electron chi connectivity index (χ4n) is 2.15. The zero-order valence-electron chi connectivity index (χ0n) is 12.5. The van der Waals surface area contributed by atoms with Crippen LogP contribution in [0.3, 0.4) is 0 Å². The number of hydrogen-bond donors (Lipinski definition) is 1. The minimum Gasteiger partial charge on any atom is -0.368 e. The van der Waals surface area contributed by atoms with Crippen LogP contribution >= 0.6 is 0 Å². The maximum absolute atomic E-state index is 4.55. The molecule has 3 rings (SSSR count). The summed E-state index contributed by atoms with van der Waals surface area (Å²) in [5.74, 6) is 2.07. The lowest BCUT2D eigenvalue weighted by Gasteiger charge is -2.05. The van der Waals surface area contributed by atoms with Gasteiger partial charge in [0.15, 0.2) is 11.6 Å². The van der Waals surface area contributed by atoms with E-state index in [1.54, 1.807) is 17.2 Å². The van der Waals surface area contributed by atoms with Crippen molar-refractivity contribution < 1.29 is 0 Å². The third-order valence-corrected chi connectivity index (χ3v) is 3.29. The van der Waals surface area contributed by atoms with E-state index in [4.69, 9.17) is 0 Å². The Morgan fingerprint density at radius 2 is 2.10 bits per heavy atom. The van der Waals surface area contributed by atoms with Crippen LogP contribution in [0.4, 0.5) is 5.82 Å². The highest BCUT2D eigenvalue weighted by Gasteiger charge is 2.09. The molecule has 3 heterocycles. The molecule has 0 unspecified atom stereocenters. The lowest BCUT2D eigenvalue weighted by molar-refractivity contribution is 0.741. The Kier molecular flexibility index (Phi) is 3.55. The molecule has 21 heavy (non-hydrogen) atoms. The van der Waals surface area contributed by atoms with Crippen LogP contribution in [0.15, 0.2) is 24.8 Å². The third-order valence-electron chi connectivity index (χ3n) is 3.29. The van der Waals surface area contributed by atoms with Gasteiger partial charge in [-0.05, 0) is 12.0 Å². The van der Waals surface area contributed by atoms with Crippen LogP contribution in [0.1, 0.15) is 31.3 Å². The highest BCUT2D eigenvalue weighted by Crippen LogP contribution is 2.19. The average molecular weight is 285 g/mol. The molecule has 0 bridgehead atoms. The van der Waals surface area contributed by atoms with Crippen LogP contribution < -0.4 is 5.32 Å². The van der Waals surface area contributed by atoms with E-state index in [1.807, 2.05) is 17.8 Å². The average Bonchev–Trinajstić information content (AvgIpc) is 3.05. The van der Waals surface area contributed by atoms with Gasteiger partial charge >= 0.3 is 0 Å². The third kappa shape index (κ3) is 2.86. The van der Waals surface area contributed by atoms with Crippen molar-refractivity contribution in [3.8, 4) is 0 Å². The zero-order chi connectivity index (χ0) is 14.8. The molecule has 0 saturated carbocycles. The van der Waals surface area contributed by atoms with Crippen molar-refractivity contribution in [2.45, 2.75) is 26.2 Å². The molecule has 0 aliphatic carbocycles. The quantitative estimate of drug-likeness (QED) is 0.771. The van der Waals surface area contributed by atoms with Gasteiger partial charge in [-0.3, -0.25) is 4.68 Å². The number of anilines is 1. The van der Waals surface area contributed by atoms with Crippen LogP contribution in [-0.4, -0.2) is 35.9 Å².